The Hall–Kier alpha value is -3.34. The molecule has 11 heteroatoms. The van der Waals surface area contributed by atoms with Gasteiger partial charge in [0.15, 0.2) is 5.82 Å². The van der Waals surface area contributed by atoms with Crippen LogP contribution in [0.1, 0.15) is 31.4 Å². The number of nitrogens with zero attached hydrogens (tertiary/aromatic N) is 6. The molecule has 1 amide bonds. The van der Waals surface area contributed by atoms with Gasteiger partial charge in [0, 0.05) is 31.4 Å². The van der Waals surface area contributed by atoms with Gasteiger partial charge in [0.05, 0.1) is 24.8 Å². The highest BCUT2D eigenvalue weighted by Crippen LogP contribution is 2.27. The van der Waals surface area contributed by atoms with Gasteiger partial charge in [-0.25, -0.2) is 0 Å². The van der Waals surface area contributed by atoms with Crippen molar-refractivity contribution in [2.75, 3.05) is 23.3 Å². The van der Waals surface area contributed by atoms with Gasteiger partial charge in [-0.3, -0.25) is 9.78 Å². The van der Waals surface area contributed by atoms with E-state index in [9.17, 15) is 4.79 Å². The van der Waals surface area contributed by atoms with Gasteiger partial charge in [0.2, 0.25) is 11.0 Å². The summed E-state index contributed by atoms with van der Waals surface area (Å²) in [6.45, 7) is 1.53. The van der Waals surface area contributed by atoms with Gasteiger partial charge in [-0.15, -0.1) is 10.2 Å². The number of nitrogens with one attached hydrogen (secondary N) is 1. The molecule has 5 rings (SSSR count). The Kier molecular flexibility index (Phi) is 6.06. The van der Waals surface area contributed by atoms with Crippen LogP contribution in [0.3, 0.4) is 0 Å². The number of ether oxygens (including phenoxy) is 2. The number of carbonyl (C=O) groups is 1. The van der Waals surface area contributed by atoms with Crippen LogP contribution in [-0.4, -0.2) is 56.6 Å². The highest BCUT2D eigenvalue weighted by Gasteiger charge is 2.26. The van der Waals surface area contributed by atoms with E-state index < -0.39 is 0 Å². The molecule has 2 fully saturated rings. The lowest BCUT2D eigenvalue weighted by Gasteiger charge is -2.26. The lowest BCUT2D eigenvalue weighted by atomic mass is 9.96. The van der Waals surface area contributed by atoms with Crippen LogP contribution in [0.4, 0.5) is 10.9 Å². The molecular weight excluding hydrogens is 430 g/mol. The van der Waals surface area contributed by atoms with Crippen LogP contribution < -0.4 is 19.7 Å². The third-order valence-corrected chi connectivity index (χ3v) is 6.16. The van der Waals surface area contributed by atoms with E-state index in [4.69, 9.17) is 9.47 Å². The van der Waals surface area contributed by atoms with E-state index in [1.54, 1.807) is 12.4 Å². The Bertz CT molecular complexity index is 1060. The third kappa shape index (κ3) is 5.10. The van der Waals surface area contributed by atoms with Crippen molar-refractivity contribution >= 4 is 28.2 Å². The molecule has 3 aromatic heterocycles. The Morgan fingerprint density at radius 1 is 1.12 bits per heavy atom. The summed E-state index contributed by atoms with van der Waals surface area (Å²) in [5, 5.41) is 19.7. The lowest BCUT2D eigenvalue weighted by Crippen LogP contribution is -2.25. The standard InChI is InChI=1S/C21H23N7O3S/c29-19(12-14-11-16(6-9-22-14)30-15-3-1-4-15)24-20-26-27-21(32-20)31-17-7-10-28(13-17)18-5-2-8-23-25-18/h2,5-6,8-9,11,15,17H,1,3-4,7,10,12-13H2,(H,24,26,29)/t17-/m1/s1. The molecule has 3 aromatic rings. The summed E-state index contributed by atoms with van der Waals surface area (Å²) in [6, 6.07) is 7.43. The largest absolute Gasteiger partial charge is 0.490 e. The van der Waals surface area contributed by atoms with Crippen molar-refractivity contribution < 1.29 is 14.3 Å². The fraction of sp³-hybridized carbons (Fsp3) is 0.429. The topological polar surface area (TPSA) is 115 Å². The maximum atomic E-state index is 12.4. The third-order valence-electron chi connectivity index (χ3n) is 5.43. The summed E-state index contributed by atoms with van der Waals surface area (Å²) in [7, 11) is 0. The molecule has 1 saturated carbocycles. The number of pyridine rings is 1. The van der Waals surface area contributed by atoms with Crippen LogP contribution in [-0.2, 0) is 11.2 Å². The number of anilines is 2. The summed E-state index contributed by atoms with van der Waals surface area (Å²) in [6.07, 6.45) is 7.94. The first kappa shape index (κ1) is 20.6. The van der Waals surface area contributed by atoms with Gasteiger partial charge < -0.3 is 19.7 Å². The molecule has 1 saturated heterocycles. The number of amides is 1. The Balaban J connectivity index is 1.11. The molecule has 2 aliphatic rings. The van der Waals surface area contributed by atoms with E-state index >= 15 is 0 Å². The molecular formula is C21H23N7O3S. The van der Waals surface area contributed by atoms with Crippen molar-refractivity contribution in [3.63, 3.8) is 0 Å². The van der Waals surface area contributed by atoms with Gasteiger partial charge in [0.25, 0.3) is 5.19 Å². The number of carbonyl (C=O) groups excluding carboxylic acids is 1. The van der Waals surface area contributed by atoms with Gasteiger partial charge in [-0.2, -0.15) is 5.10 Å². The summed E-state index contributed by atoms with van der Waals surface area (Å²) in [5.74, 6) is 1.38. The molecule has 1 atom stereocenters. The van der Waals surface area contributed by atoms with Crippen LogP contribution in [0.15, 0.2) is 36.7 Å². The zero-order chi connectivity index (χ0) is 21.8. The van der Waals surface area contributed by atoms with Gasteiger partial charge in [-0.05, 0) is 48.8 Å². The van der Waals surface area contributed by atoms with Crippen molar-refractivity contribution in [1.82, 2.24) is 25.4 Å². The molecule has 0 aromatic carbocycles. The smallest absolute Gasteiger partial charge is 0.296 e. The summed E-state index contributed by atoms with van der Waals surface area (Å²) < 4.78 is 11.8. The van der Waals surface area contributed by atoms with E-state index in [1.165, 1.54) is 17.8 Å². The summed E-state index contributed by atoms with van der Waals surface area (Å²) in [5.41, 5.74) is 0.648. The monoisotopic (exact) mass is 453 g/mol. The minimum absolute atomic E-state index is 0.0175. The number of aromatic nitrogens is 5. The number of hydrogen-bond acceptors (Lipinski definition) is 10. The van der Waals surface area contributed by atoms with E-state index in [0.29, 0.717) is 22.6 Å². The first-order valence-corrected chi connectivity index (χ1v) is 11.5. The van der Waals surface area contributed by atoms with Crippen molar-refractivity contribution in [2.24, 2.45) is 0 Å². The van der Waals surface area contributed by atoms with E-state index in [0.717, 1.165) is 37.4 Å². The zero-order valence-electron chi connectivity index (χ0n) is 17.4. The second kappa shape index (κ2) is 9.43. The summed E-state index contributed by atoms with van der Waals surface area (Å²) >= 11 is 1.21. The molecule has 0 unspecified atom stereocenters. The van der Waals surface area contributed by atoms with Crippen LogP contribution >= 0.6 is 11.3 Å². The van der Waals surface area contributed by atoms with E-state index in [2.05, 4.69) is 35.6 Å². The maximum absolute atomic E-state index is 12.4. The quantitative estimate of drug-likeness (QED) is 0.549. The molecule has 32 heavy (non-hydrogen) atoms. The highest BCUT2D eigenvalue weighted by molar-refractivity contribution is 7.17. The molecule has 1 aliphatic heterocycles. The second-order valence-electron chi connectivity index (χ2n) is 7.81. The molecule has 166 valence electrons. The Morgan fingerprint density at radius 2 is 2.06 bits per heavy atom. The van der Waals surface area contributed by atoms with Crippen molar-refractivity contribution in [1.29, 1.82) is 0 Å². The van der Waals surface area contributed by atoms with Crippen molar-refractivity contribution in [3.8, 4) is 10.9 Å². The van der Waals surface area contributed by atoms with Crippen LogP contribution in [0, 0.1) is 0 Å². The minimum Gasteiger partial charge on any atom is -0.490 e. The molecule has 4 heterocycles. The first-order valence-electron chi connectivity index (χ1n) is 10.7. The fourth-order valence-corrected chi connectivity index (χ4v) is 4.26. The minimum atomic E-state index is -0.212. The van der Waals surface area contributed by atoms with Gasteiger partial charge in [0.1, 0.15) is 11.9 Å². The second-order valence-corrected chi connectivity index (χ2v) is 8.75. The van der Waals surface area contributed by atoms with Crippen LogP contribution in [0.2, 0.25) is 0 Å². The molecule has 1 aliphatic carbocycles. The molecule has 0 spiro atoms. The van der Waals surface area contributed by atoms with Gasteiger partial charge >= 0.3 is 0 Å². The van der Waals surface area contributed by atoms with E-state index in [-0.39, 0.29) is 24.5 Å². The van der Waals surface area contributed by atoms with Crippen LogP contribution in [0.5, 0.6) is 10.9 Å². The Labute approximate surface area is 189 Å². The first-order chi connectivity index (χ1) is 15.7. The average molecular weight is 454 g/mol. The molecule has 0 radical (unpaired) electrons. The number of hydrogen-bond donors (Lipinski definition) is 1. The predicted octanol–water partition coefficient (Wildman–Crippen LogP) is 2.49. The predicted molar refractivity (Wildman–Crippen MR) is 118 cm³/mol. The van der Waals surface area contributed by atoms with Gasteiger partial charge in [-0.1, -0.05) is 5.10 Å². The zero-order valence-corrected chi connectivity index (χ0v) is 18.2. The normalized spacial score (nSPS) is 18.2. The Morgan fingerprint density at radius 3 is 2.88 bits per heavy atom. The molecule has 0 bridgehead atoms. The van der Waals surface area contributed by atoms with E-state index in [1.807, 2.05) is 24.3 Å². The number of rotatable bonds is 8. The van der Waals surface area contributed by atoms with Crippen molar-refractivity contribution in [2.45, 2.75) is 44.3 Å². The maximum Gasteiger partial charge on any atom is 0.296 e. The highest BCUT2D eigenvalue weighted by atomic mass is 32.1. The van der Waals surface area contributed by atoms with Crippen LogP contribution in [0.25, 0.3) is 0 Å². The lowest BCUT2D eigenvalue weighted by molar-refractivity contribution is -0.115. The summed E-state index contributed by atoms with van der Waals surface area (Å²) in [4.78, 5) is 18.8. The molecule has 1 N–H and O–H groups in total. The van der Waals surface area contributed by atoms with Crippen molar-refractivity contribution in [3.05, 3.63) is 42.4 Å². The SMILES string of the molecule is O=C(Cc1cc(OC2CCC2)ccn1)Nc1nnc(O[C@@H]2CCN(c3cccnn3)C2)s1. The fourth-order valence-electron chi connectivity index (χ4n) is 3.58. The molecule has 10 nitrogen and oxygen atoms in total. The average Bonchev–Trinajstić information content (AvgIpc) is 3.41.